The molecule has 0 aromatic carbocycles. The summed E-state index contributed by atoms with van der Waals surface area (Å²) in [5, 5.41) is 0. The van der Waals surface area contributed by atoms with Crippen LogP contribution in [0.1, 0.15) is 91.4 Å². The fourth-order valence-electron chi connectivity index (χ4n) is 6.80. The van der Waals surface area contributed by atoms with E-state index < -0.39 is 0 Å². The van der Waals surface area contributed by atoms with Crippen molar-refractivity contribution in [2.45, 2.75) is 94.8 Å². The normalized spacial score (nSPS) is 49.1. The molecule has 128 valence electrons. The van der Waals surface area contributed by atoms with Gasteiger partial charge < -0.3 is 0 Å². The number of rotatable bonds is 3. The largest absolute Gasteiger partial charge is 0.0792 e. The van der Waals surface area contributed by atoms with E-state index in [-0.39, 0.29) is 0 Å². The molecule has 3 fully saturated rings. The predicted octanol–water partition coefficient (Wildman–Crippen LogP) is 7.25. The van der Waals surface area contributed by atoms with E-state index in [2.05, 4.69) is 43.4 Å². The van der Waals surface area contributed by atoms with E-state index in [9.17, 15) is 0 Å². The van der Waals surface area contributed by atoms with E-state index in [1.807, 2.05) is 0 Å². The lowest BCUT2D eigenvalue weighted by molar-refractivity contribution is -0.0195. The van der Waals surface area contributed by atoms with Gasteiger partial charge in [0.2, 0.25) is 0 Å². The highest BCUT2D eigenvalue weighted by atomic mass is 127. The second-order valence-electron chi connectivity index (χ2n) is 9.04. The first kappa shape index (κ1) is 17.5. The van der Waals surface area contributed by atoms with E-state index in [1.54, 1.807) is 32.1 Å². The summed E-state index contributed by atoms with van der Waals surface area (Å²) in [5.41, 5.74) is 0. The lowest BCUT2D eigenvalue weighted by Crippen LogP contribution is -2.44. The Morgan fingerprint density at radius 3 is 2.45 bits per heavy atom. The molecular formula is C21H37I. The summed E-state index contributed by atoms with van der Waals surface area (Å²) in [6.07, 6.45) is 16.6. The second-order valence-corrected chi connectivity index (χ2v) is 11.6. The van der Waals surface area contributed by atoms with E-state index in [0.717, 1.165) is 35.5 Å². The van der Waals surface area contributed by atoms with Crippen molar-refractivity contribution in [2.75, 3.05) is 0 Å². The molecule has 1 heteroatoms. The zero-order chi connectivity index (χ0) is 15.7. The summed E-state index contributed by atoms with van der Waals surface area (Å²) >= 11 is 2.80. The molecule has 3 rings (SSSR count). The summed E-state index contributed by atoms with van der Waals surface area (Å²) in [6, 6.07) is 0. The lowest BCUT2D eigenvalue weighted by Gasteiger charge is -2.52. The molecule has 0 N–H and O–H groups in total. The maximum atomic E-state index is 2.80. The van der Waals surface area contributed by atoms with Crippen molar-refractivity contribution in [2.24, 2.45) is 35.5 Å². The predicted molar refractivity (Wildman–Crippen MR) is 106 cm³/mol. The van der Waals surface area contributed by atoms with Crippen LogP contribution >= 0.6 is 22.6 Å². The van der Waals surface area contributed by atoms with E-state index in [1.165, 1.54) is 38.5 Å². The molecule has 7 atom stereocenters. The maximum absolute atomic E-state index is 2.80. The third-order valence-electron chi connectivity index (χ3n) is 7.67. The quantitative estimate of drug-likeness (QED) is 0.336. The molecule has 0 spiro atoms. The van der Waals surface area contributed by atoms with Gasteiger partial charge in [0.25, 0.3) is 0 Å². The first-order valence-electron chi connectivity index (χ1n) is 10.2. The Bertz CT molecular complexity index is 361. The molecule has 0 heterocycles. The van der Waals surface area contributed by atoms with Crippen molar-refractivity contribution in [3.8, 4) is 0 Å². The van der Waals surface area contributed by atoms with Gasteiger partial charge in [-0.15, -0.1) is 0 Å². The van der Waals surface area contributed by atoms with Gasteiger partial charge in [0.05, 0.1) is 0 Å². The van der Waals surface area contributed by atoms with Crippen molar-refractivity contribution in [3.63, 3.8) is 0 Å². The van der Waals surface area contributed by atoms with E-state index >= 15 is 0 Å². The van der Waals surface area contributed by atoms with Gasteiger partial charge >= 0.3 is 0 Å². The van der Waals surface area contributed by atoms with Crippen LogP contribution in [0.3, 0.4) is 0 Å². The molecule has 7 unspecified atom stereocenters. The first-order chi connectivity index (χ1) is 10.6. The number of halogens is 1. The third kappa shape index (κ3) is 3.54. The Morgan fingerprint density at radius 2 is 1.73 bits per heavy atom. The monoisotopic (exact) mass is 416 g/mol. The average molecular weight is 416 g/mol. The fraction of sp³-hybridized carbons (Fsp3) is 1.00. The highest BCUT2D eigenvalue weighted by Crippen LogP contribution is 2.57. The molecule has 0 aliphatic heterocycles. The maximum Gasteiger partial charge on any atom is 0.0197 e. The average Bonchev–Trinajstić information content (AvgIpc) is 2.64. The minimum Gasteiger partial charge on any atom is -0.0792 e. The minimum absolute atomic E-state index is 0.584. The molecule has 0 bridgehead atoms. The van der Waals surface area contributed by atoms with Crippen molar-refractivity contribution in [1.82, 2.24) is 0 Å². The fourth-order valence-corrected chi connectivity index (χ4v) is 7.69. The number of fused-ring (bicyclic) bond motifs is 3. The number of hydrogen-bond acceptors (Lipinski definition) is 0. The van der Waals surface area contributed by atoms with Gasteiger partial charge in [0.15, 0.2) is 0 Å². The van der Waals surface area contributed by atoms with Crippen LogP contribution in [-0.2, 0) is 0 Å². The van der Waals surface area contributed by atoms with Crippen LogP contribution in [0, 0.1) is 35.5 Å². The highest BCUT2D eigenvalue weighted by molar-refractivity contribution is 14.1. The van der Waals surface area contributed by atoms with E-state index in [4.69, 9.17) is 0 Å². The Hall–Kier alpha value is 0.730. The standard InChI is InChI=1S/C21H37I/c1-4-7-15-9-12-19-18(17(15)5-2)11-10-16-8-6-13-21(3,22)14-20(16)19/h15-20H,4-14H2,1-3H3. The smallest absolute Gasteiger partial charge is 0.0197 e. The molecule has 0 radical (unpaired) electrons. The summed E-state index contributed by atoms with van der Waals surface area (Å²) in [7, 11) is 0. The summed E-state index contributed by atoms with van der Waals surface area (Å²) in [4.78, 5) is 0. The highest BCUT2D eigenvalue weighted by Gasteiger charge is 2.48. The van der Waals surface area contributed by atoms with Crippen molar-refractivity contribution in [1.29, 1.82) is 0 Å². The number of alkyl halides is 1. The Morgan fingerprint density at radius 1 is 0.955 bits per heavy atom. The second kappa shape index (κ2) is 7.31. The zero-order valence-electron chi connectivity index (χ0n) is 15.1. The van der Waals surface area contributed by atoms with Crippen LogP contribution in [0.4, 0.5) is 0 Å². The van der Waals surface area contributed by atoms with Crippen molar-refractivity contribution in [3.05, 3.63) is 0 Å². The molecule has 3 aliphatic rings. The first-order valence-corrected chi connectivity index (χ1v) is 11.3. The van der Waals surface area contributed by atoms with Crippen LogP contribution < -0.4 is 0 Å². The molecule has 0 amide bonds. The molecule has 0 nitrogen and oxygen atoms in total. The van der Waals surface area contributed by atoms with Gasteiger partial charge in [-0.1, -0.05) is 75.5 Å². The van der Waals surface area contributed by atoms with Crippen molar-refractivity contribution >= 4 is 22.6 Å². The van der Waals surface area contributed by atoms with Gasteiger partial charge in [-0.2, -0.15) is 0 Å². The van der Waals surface area contributed by atoms with Crippen LogP contribution in [0.2, 0.25) is 0 Å². The molecular weight excluding hydrogens is 379 g/mol. The van der Waals surface area contributed by atoms with Gasteiger partial charge in [-0.05, 0) is 74.0 Å². The third-order valence-corrected chi connectivity index (χ3v) is 8.65. The Balaban J connectivity index is 1.78. The summed E-state index contributed by atoms with van der Waals surface area (Å²) < 4.78 is 0.584. The minimum atomic E-state index is 0.584. The van der Waals surface area contributed by atoms with Crippen LogP contribution in [0.25, 0.3) is 0 Å². The van der Waals surface area contributed by atoms with E-state index in [0.29, 0.717) is 3.42 Å². The Labute approximate surface area is 152 Å². The number of hydrogen-bond donors (Lipinski definition) is 0. The molecule has 3 saturated carbocycles. The SMILES string of the molecule is CCCC1CCC2C3CC(C)(I)CCCC3CCC2C1CC. The topological polar surface area (TPSA) is 0 Å². The lowest BCUT2D eigenvalue weighted by atomic mass is 9.54. The summed E-state index contributed by atoms with van der Waals surface area (Å²) in [6.45, 7) is 7.42. The molecule has 0 saturated heterocycles. The summed E-state index contributed by atoms with van der Waals surface area (Å²) in [5.74, 6) is 6.44. The zero-order valence-corrected chi connectivity index (χ0v) is 17.3. The van der Waals surface area contributed by atoms with Gasteiger partial charge in [0, 0.05) is 3.42 Å². The van der Waals surface area contributed by atoms with Crippen LogP contribution in [0.15, 0.2) is 0 Å². The van der Waals surface area contributed by atoms with Crippen molar-refractivity contribution < 1.29 is 0 Å². The Kier molecular flexibility index (Phi) is 5.83. The van der Waals surface area contributed by atoms with Crippen LogP contribution in [-0.4, -0.2) is 3.42 Å². The van der Waals surface area contributed by atoms with Crippen LogP contribution in [0.5, 0.6) is 0 Å². The molecule has 0 aromatic heterocycles. The van der Waals surface area contributed by atoms with Gasteiger partial charge in [0.1, 0.15) is 0 Å². The molecule has 22 heavy (non-hydrogen) atoms. The van der Waals surface area contributed by atoms with Gasteiger partial charge in [-0.25, -0.2) is 0 Å². The molecule has 0 aromatic rings. The van der Waals surface area contributed by atoms with Gasteiger partial charge in [-0.3, -0.25) is 0 Å². The molecule has 3 aliphatic carbocycles.